The Hall–Kier alpha value is -2.11. The summed E-state index contributed by atoms with van der Waals surface area (Å²) in [6.45, 7) is 1.67. The number of phenols is 1. The Morgan fingerprint density at radius 2 is 1.96 bits per heavy atom. The van der Waals surface area contributed by atoms with E-state index in [-0.39, 0.29) is 11.7 Å². The molecule has 6 heteroatoms. The number of aromatic hydroxyl groups is 1. The van der Waals surface area contributed by atoms with Crippen molar-refractivity contribution in [1.82, 2.24) is 9.88 Å². The first-order chi connectivity index (χ1) is 11.6. The lowest BCUT2D eigenvalue weighted by Gasteiger charge is -2.14. The molecule has 1 saturated heterocycles. The second-order valence-corrected chi connectivity index (χ2v) is 7.33. The second-order valence-electron chi connectivity index (χ2n) is 5.86. The number of nitrogens with zero attached hydrogens (tertiary/aromatic N) is 2. The SMILES string of the molecule is O=C(c1ccc2nc(-c3ccc(Cl)cc3O)sc2c1)N1CCCC1. The predicted molar refractivity (Wildman–Crippen MR) is 96.9 cm³/mol. The molecular formula is C18H15ClN2O2S. The van der Waals surface area contributed by atoms with Gasteiger partial charge < -0.3 is 10.0 Å². The molecule has 24 heavy (non-hydrogen) atoms. The van der Waals surface area contributed by atoms with E-state index in [0.717, 1.165) is 36.1 Å². The Kier molecular flexibility index (Phi) is 3.90. The van der Waals surface area contributed by atoms with Crippen LogP contribution in [-0.4, -0.2) is 34.0 Å². The maximum atomic E-state index is 12.5. The van der Waals surface area contributed by atoms with Crippen LogP contribution in [-0.2, 0) is 0 Å². The monoisotopic (exact) mass is 358 g/mol. The molecule has 0 radical (unpaired) electrons. The van der Waals surface area contributed by atoms with Gasteiger partial charge in [0.1, 0.15) is 10.8 Å². The summed E-state index contributed by atoms with van der Waals surface area (Å²) in [4.78, 5) is 19.0. The molecule has 122 valence electrons. The van der Waals surface area contributed by atoms with Crippen LogP contribution in [0.5, 0.6) is 5.75 Å². The quantitative estimate of drug-likeness (QED) is 0.730. The van der Waals surface area contributed by atoms with Crippen molar-refractivity contribution in [1.29, 1.82) is 0 Å². The molecule has 3 aromatic rings. The number of carbonyl (C=O) groups is 1. The van der Waals surface area contributed by atoms with Gasteiger partial charge >= 0.3 is 0 Å². The van der Waals surface area contributed by atoms with Gasteiger partial charge in [-0.05, 0) is 49.2 Å². The predicted octanol–water partition coefficient (Wildman–Crippen LogP) is 4.56. The molecule has 0 saturated carbocycles. The molecule has 1 aromatic heterocycles. The van der Waals surface area contributed by atoms with Gasteiger partial charge in [0.05, 0.1) is 15.8 Å². The second kappa shape index (κ2) is 6.07. The van der Waals surface area contributed by atoms with Crippen LogP contribution in [0.1, 0.15) is 23.2 Å². The first-order valence-electron chi connectivity index (χ1n) is 7.80. The van der Waals surface area contributed by atoms with Gasteiger partial charge in [0.25, 0.3) is 5.91 Å². The molecular weight excluding hydrogens is 344 g/mol. The summed E-state index contributed by atoms with van der Waals surface area (Å²) in [5.74, 6) is 0.189. The Morgan fingerprint density at radius 3 is 2.71 bits per heavy atom. The Bertz CT molecular complexity index is 932. The molecule has 0 aliphatic carbocycles. The third kappa shape index (κ3) is 2.74. The zero-order chi connectivity index (χ0) is 16.7. The smallest absolute Gasteiger partial charge is 0.253 e. The molecule has 0 spiro atoms. The topological polar surface area (TPSA) is 53.4 Å². The van der Waals surface area contributed by atoms with Gasteiger partial charge in [0.15, 0.2) is 0 Å². The summed E-state index contributed by atoms with van der Waals surface area (Å²) in [6.07, 6.45) is 2.16. The average molecular weight is 359 g/mol. The summed E-state index contributed by atoms with van der Waals surface area (Å²) in [6, 6.07) is 10.6. The van der Waals surface area contributed by atoms with E-state index in [1.807, 2.05) is 23.1 Å². The van der Waals surface area contributed by atoms with Crippen molar-refractivity contribution in [3.8, 4) is 16.3 Å². The third-order valence-electron chi connectivity index (χ3n) is 4.22. The largest absolute Gasteiger partial charge is 0.507 e. The maximum Gasteiger partial charge on any atom is 0.253 e. The molecule has 1 aliphatic rings. The van der Waals surface area contributed by atoms with Crippen molar-refractivity contribution >= 4 is 39.1 Å². The third-order valence-corrected chi connectivity index (χ3v) is 5.51. The van der Waals surface area contributed by atoms with Crippen molar-refractivity contribution in [3.05, 3.63) is 47.0 Å². The molecule has 1 fully saturated rings. The van der Waals surface area contributed by atoms with E-state index in [4.69, 9.17) is 11.6 Å². The number of phenolic OH excluding ortho intramolecular Hbond substituents is 1. The van der Waals surface area contributed by atoms with Crippen LogP contribution in [0.4, 0.5) is 0 Å². The Labute approximate surface area is 148 Å². The fourth-order valence-corrected chi connectivity index (χ4v) is 4.17. The summed E-state index contributed by atoms with van der Waals surface area (Å²) in [5.41, 5.74) is 2.16. The highest BCUT2D eigenvalue weighted by molar-refractivity contribution is 7.21. The lowest BCUT2D eigenvalue weighted by molar-refractivity contribution is 0.0793. The van der Waals surface area contributed by atoms with Gasteiger partial charge in [0.2, 0.25) is 0 Å². The van der Waals surface area contributed by atoms with E-state index < -0.39 is 0 Å². The summed E-state index contributed by atoms with van der Waals surface area (Å²) in [5, 5.41) is 11.3. The van der Waals surface area contributed by atoms with Crippen LogP contribution in [0.2, 0.25) is 5.02 Å². The van der Waals surface area contributed by atoms with Crippen molar-refractivity contribution < 1.29 is 9.90 Å². The number of fused-ring (bicyclic) bond motifs is 1. The molecule has 1 N–H and O–H groups in total. The Balaban J connectivity index is 1.72. The van der Waals surface area contributed by atoms with Crippen LogP contribution in [0.25, 0.3) is 20.8 Å². The highest BCUT2D eigenvalue weighted by Crippen LogP contribution is 2.36. The number of likely N-dealkylation sites (tertiary alicyclic amines) is 1. The minimum atomic E-state index is 0.0821. The molecule has 0 unspecified atom stereocenters. The van der Waals surface area contributed by atoms with E-state index in [1.54, 1.807) is 12.1 Å². The number of aromatic nitrogens is 1. The summed E-state index contributed by atoms with van der Waals surface area (Å²) < 4.78 is 0.935. The molecule has 0 atom stereocenters. The number of rotatable bonds is 2. The number of hydrogen-bond donors (Lipinski definition) is 1. The minimum Gasteiger partial charge on any atom is -0.507 e. The maximum absolute atomic E-state index is 12.5. The van der Waals surface area contributed by atoms with E-state index in [2.05, 4.69) is 4.98 Å². The number of carbonyl (C=O) groups excluding carboxylic acids is 1. The molecule has 2 aromatic carbocycles. The minimum absolute atomic E-state index is 0.0821. The normalized spacial score (nSPS) is 14.5. The van der Waals surface area contributed by atoms with E-state index in [0.29, 0.717) is 21.2 Å². The fourth-order valence-electron chi connectivity index (χ4n) is 2.96. The lowest BCUT2D eigenvalue weighted by Crippen LogP contribution is -2.27. The molecule has 2 heterocycles. The van der Waals surface area contributed by atoms with Crippen LogP contribution >= 0.6 is 22.9 Å². The van der Waals surface area contributed by atoms with E-state index >= 15 is 0 Å². The number of halogens is 1. The van der Waals surface area contributed by atoms with Gasteiger partial charge in [-0.1, -0.05) is 11.6 Å². The van der Waals surface area contributed by atoms with Gasteiger partial charge in [-0.2, -0.15) is 0 Å². The number of amides is 1. The zero-order valence-electron chi connectivity index (χ0n) is 12.8. The highest BCUT2D eigenvalue weighted by Gasteiger charge is 2.20. The first-order valence-corrected chi connectivity index (χ1v) is 9.00. The van der Waals surface area contributed by atoms with Crippen LogP contribution < -0.4 is 0 Å². The molecule has 1 aliphatic heterocycles. The van der Waals surface area contributed by atoms with Crippen molar-refractivity contribution in [2.75, 3.05) is 13.1 Å². The Morgan fingerprint density at radius 1 is 1.17 bits per heavy atom. The average Bonchev–Trinajstić information content (AvgIpc) is 3.23. The first kappa shape index (κ1) is 15.4. The summed E-state index contributed by atoms with van der Waals surface area (Å²) in [7, 11) is 0. The number of benzene rings is 2. The summed E-state index contributed by atoms with van der Waals surface area (Å²) >= 11 is 7.34. The number of thiazole rings is 1. The van der Waals surface area contributed by atoms with Crippen molar-refractivity contribution in [2.24, 2.45) is 0 Å². The van der Waals surface area contributed by atoms with Gasteiger partial charge in [-0.3, -0.25) is 4.79 Å². The van der Waals surface area contributed by atoms with E-state index in [1.165, 1.54) is 17.4 Å². The molecule has 0 bridgehead atoms. The zero-order valence-corrected chi connectivity index (χ0v) is 14.4. The highest BCUT2D eigenvalue weighted by atomic mass is 35.5. The van der Waals surface area contributed by atoms with Crippen LogP contribution in [0.15, 0.2) is 36.4 Å². The van der Waals surface area contributed by atoms with Crippen LogP contribution in [0.3, 0.4) is 0 Å². The standard InChI is InChI=1S/C18H15ClN2O2S/c19-12-4-5-13(15(22)10-12)17-20-14-6-3-11(9-16(14)24-17)18(23)21-7-1-2-8-21/h3-6,9-10,22H,1-2,7-8H2. The molecule has 4 nitrogen and oxygen atoms in total. The molecule has 1 amide bonds. The van der Waals surface area contributed by atoms with Crippen molar-refractivity contribution in [2.45, 2.75) is 12.8 Å². The fraction of sp³-hybridized carbons (Fsp3) is 0.222. The van der Waals surface area contributed by atoms with Gasteiger partial charge in [-0.15, -0.1) is 11.3 Å². The van der Waals surface area contributed by atoms with Crippen LogP contribution in [0, 0.1) is 0 Å². The van der Waals surface area contributed by atoms with Gasteiger partial charge in [0, 0.05) is 23.7 Å². The van der Waals surface area contributed by atoms with Gasteiger partial charge in [-0.25, -0.2) is 4.98 Å². The number of hydrogen-bond acceptors (Lipinski definition) is 4. The van der Waals surface area contributed by atoms with Crippen molar-refractivity contribution in [3.63, 3.8) is 0 Å². The molecule has 4 rings (SSSR count). The van der Waals surface area contributed by atoms with E-state index in [9.17, 15) is 9.90 Å². The lowest BCUT2D eigenvalue weighted by atomic mass is 10.2.